The largest absolute Gasteiger partial charge is 0.481 e. The minimum atomic E-state index is -1.17. The van der Waals surface area contributed by atoms with E-state index in [-0.39, 0.29) is 11.7 Å². The van der Waals surface area contributed by atoms with E-state index in [1.165, 1.54) is 6.08 Å². The van der Waals surface area contributed by atoms with Gasteiger partial charge in [-0.15, -0.1) is 0 Å². The van der Waals surface area contributed by atoms with Crippen LogP contribution in [-0.4, -0.2) is 34.9 Å². The van der Waals surface area contributed by atoms with Crippen LogP contribution in [0.25, 0.3) is 0 Å². The first-order chi connectivity index (χ1) is 7.09. The second kappa shape index (κ2) is 5.50. The Hall–Kier alpha value is -1.36. The molecule has 1 heterocycles. The molecule has 1 unspecified atom stereocenters. The lowest BCUT2D eigenvalue weighted by Crippen LogP contribution is -2.09. The molecule has 1 fully saturated rings. The van der Waals surface area contributed by atoms with E-state index >= 15 is 0 Å². The summed E-state index contributed by atoms with van der Waals surface area (Å²) < 4.78 is 5.30. The summed E-state index contributed by atoms with van der Waals surface area (Å²) in [5.41, 5.74) is -0.0713. The van der Waals surface area contributed by atoms with Crippen LogP contribution < -0.4 is 0 Å². The molecule has 1 aliphatic rings. The van der Waals surface area contributed by atoms with Crippen LogP contribution in [0.3, 0.4) is 0 Å². The fourth-order valence-corrected chi connectivity index (χ4v) is 1.50. The molecular weight excluding hydrogens is 200 g/mol. The molecule has 0 spiro atoms. The SMILES string of the molecule is O=C(O)CC(=CCC1CCCO1)C(=O)O. The molecule has 84 valence electrons. The molecule has 1 rings (SSSR count). The molecule has 2 N–H and O–H groups in total. The van der Waals surface area contributed by atoms with Crippen LogP contribution >= 0.6 is 0 Å². The van der Waals surface area contributed by atoms with Gasteiger partial charge in [-0.1, -0.05) is 6.08 Å². The second-order valence-corrected chi connectivity index (χ2v) is 3.48. The van der Waals surface area contributed by atoms with Crippen LogP contribution in [0.4, 0.5) is 0 Å². The van der Waals surface area contributed by atoms with Crippen molar-refractivity contribution in [2.24, 2.45) is 0 Å². The highest BCUT2D eigenvalue weighted by atomic mass is 16.5. The average Bonchev–Trinajstić information content (AvgIpc) is 2.63. The van der Waals surface area contributed by atoms with Crippen LogP contribution in [-0.2, 0) is 14.3 Å². The topological polar surface area (TPSA) is 83.8 Å². The van der Waals surface area contributed by atoms with Gasteiger partial charge in [-0.3, -0.25) is 4.79 Å². The summed E-state index contributed by atoms with van der Waals surface area (Å²) >= 11 is 0. The number of carboxylic acids is 2. The monoisotopic (exact) mass is 214 g/mol. The third-order valence-corrected chi connectivity index (χ3v) is 2.27. The number of carbonyl (C=O) groups is 2. The first-order valence-corrected chi connectivity index (χ1v) is 4.85. The van der Waals surface area contributed by atoms with Crippen molar-refractivity contribution >= 4 is 11.9 Å². The number of hydrogen-bond donors (Lipinski definition) is 2. The maximum absolute atomic E-state index is 10.7. The van der Waals surface area contributed by atoms with Gasteiger partial charge in [-0.25, -0.2) is 4.79 Å². The first kappa shape index (κ1) is 11.7. The predicted octanol–water partition coefficient (Wildman–Crippen LogP) is 1.04. The smallest absolute Gasteiger partial charge is 0.331 e. The minimum absolute atomic E-state index is 0.0492. The highest BCUT2D eigenvalue weighted by molar-refractivity contribution is 5.92. The van der Waals surface area contributed by atoms with Crippen LogP contribution in [0.1, 0.15) is 25.7 Å². The summed E-state index contributed by atoms with van der Waals surface area (Å²) in [6.07, 6.45) is 3.44. The molecule has 0 amide bonds. The summed E-state index contributed by atoms with van der Waals surface area (Å²) in [5.74, 6) is -2.30. The van der Waals surface area contributed by atoms with E-state index in [4.69, 9.17) is 14.9 Å². The number of rotatable bonds is 5. The standard InChI is InChI=1S/C10H14O5/c11-9(12)6-7(10(13)14)3-4-8-2-1-5-15-8/h3,8H,1-2,4-6H2,(H,11,12)(H,13,14). The molecule has 0 saturated carbocycles. The molecule has 0 aliphatic carbocycles. The predicted molar refractivity (Wildman–Crippen MR) is 51.6 cm³/mol. The van der Waals surface area contributed by atoms with Gasteiger partial charge in [0.05, 0.1) is 12.5 Å². The number of hydrogen-bond acceptors (Lipinski definition) is 3. The van der Waals surface area contributed by atoms with Crippen molar-refractivity contribution in [2.45, 2.75) is 31.8 Å². The maximum Gasteiger partial charge on any atom is 0.331 e. The molecule has 1 saturated heterocycles. The van der Waals surface area contributed by atoms with E-state index in [0.717, 1.165) is 12.8 Å². The quantitative estimate of drug-likeness (QED) is 0.668. The van der Waals surface area contributed by atoms with Crippen LogP contribution in [0, 0.1) is 0 Å². The Bertz CT molecular complexity index is 276. The lowest BCUT2D eigenvalue weighted by Gasteiger charge is -2.05. The molecule has 0 bridgehead atoms. The fraction of sp³-hybridized carbons (Fsp3) is 0.600. The molecule has 0 aromatic carbocycles. The van der Waals surface area contributed by atoms with E-state index < -0.39 is 18.4 Å². The molecule has 5 heteroatoms. The normalized spacial score (nSPS) is 21.6. The molecule has 15 heavy (non-hydrogen) atoms. The fourth-order valence-electron chi connectivity index (χ4n) is 1.50. The Morgan fingerprint density at radius 1 is 1.40 bits per heavy atom. The van der Waals surface area contributed by atoms with Crippen LogP contribution in [0.5, 0.6) is 0 Å². The van der Waals surface area contributed by atoms with Gasteiger partial charge in [0.1, 0.15) is 0 Å². The van der Waals surface area contributed by atoms with Gasteiger partial charge in [0.15, 0.2) is 0 Å². The molecule has 0 aromatic rings. The lowest BCUT2D eigenvalue weighted by atomic mass is 10.1. The van der Waals surface area contributed by atoms with Gasteiger partial charge in [0.2, 0.25) is 0 Å². The number of aliphatic carboxylic acids is 2. The first-order valence-electron chi connectivity index (χ1n) is 4.85. The highest BCUT2D eigenvalue weighted by Gasteiger charge is 2.16. The van der Waals surface area contributed by atoms with E-state index in [0.29, 0.717) is 13.0 Å². The summed E-state index contributed by atoms with van der Waals surface area (Å²) in [5, 5.41) is 17.2. The number of carboxylic acid groups (broad SMARTS) is 2. The molecule has 0 aromatic heterocycles. The van der Waals surface area contributed by atoms with Crippen molar-refractivity contribution < 1.29 is 24.5 Å². The van der Waals surface area contributed by atoms with Gasteiger partial charge in [-0.05, 0) is 19.3 Å². The minimum Gasteiger partial charge on any atom is -0.481 e. The summed E-state index contributed by atoms with van der Waals surface area (Å²) in [4.78, 5) is 21.0. The zero-order valence-electron chi connectivity index (χ0n) is 8.31. The molecule has 0 radical (unpaired) electrons. The number of ether oxygens (including phenoxy) is 1. The maximum atomic E-state index is 10.7. The Morgan fingerprint density at radius 3 is 2.60 bits per heavy atom. The van der Waals surface area contributed by atoms with Crippen molar-refractivity contribution in [3.63, 3.8) is 0 Å². The third kappa shape index (κ3) is 4.12. The lowest BCUT2D eigenvalue weighted by molar-refractivity contribution is -0.139. The van der Waals surface area contributed by atoms with E-state index in [2.05, 4.69) is 0 Å². The molecular formula is C10H14O5. The van der Waals surface area contributed by atoms with Gasteiger partial charge in [-0.2, -0.15) is 0 Å². The van der Waals surface area contributed by atoms with Crippen LogP contribution in [0.2, 0.25) is 0 Å². The van der Waals surface area contributed by atoms with Gasteiger partial charge in [0, 0.05) is 12.2 Å². The zero-order chi connectivity index (χ0) is 11.3. The molecule has 5 nitrogen and oxygen atoms in total. The second-order valence-electron chi connectivity index (χ2n) is 3.48. The van der Waals surface area contributed by atoms with Crippen molar-refractivity contribution in [2.75, 3.05) is 6.61 Å². The van der Waals surface area contributed by atoms with E-state index in [1.54, 1.807) is 0 Å². The van der Waals surface area contributed by atoms with Gasteiger partial charge >= 0.3 is 11.9 Å². The summed E-state index contributed by atoms with van der Waals surface area (Å²) in [6.45, 7) is 0.708. The van der Waals surface area contributed by atoms with Crippen molar-refractivity contribution in [1.29, 1.82) is 0 Å². The Kier molecular flexibility index (Phi) is 4.30. The highest BCUT2D eigenvalue weighted by Crippen LogP contribution is 2.17. The zero-order valence-corrected chi connectivity index (χ0v) is 8.31. The summed E-state index contributed by atoms with van der Waals surface area (Å²) in [6, 6.07) is 0. The van der Waals surface area contributed by atoms with Gasteiger partial charge < -0.3 is 14.9 Å². The van der Waals surface area contributed by atoms with Gasteiger partial charge in [0.25, 0.3) is 0 Å². The Labute approximate surface area is 87.4 Å². The molecule has 1 atom stereocenters. The average molecular weight is 214 g/mol. The van der Waals surface area contributed by atoms with E-state index in [9.17, 15) is 9.59 Å². The Balaban J connectivity index is 2.50. The van der Waals surface area contributed by atoms with Crippen molar-refractivity contribution in [1.82, 2.24) is 0 Å². The van der Waals surface area contributed by atoms with Crippen molar-refractivity contribution in [3.8, 4) is 0 Å². The van der Waals surface area contributed by atoms with Crippen molar-refractivity contribution in [3.05, 3.63) is 11.6 Å². The summed E-state index contributed by atoms with van der Waals surface area (Å²) in [7, 11) is 0. The van der Waals surface area contributed by atoms with E-state index in [1.807, 2.05) is 0 Å². The Morgan fingerprint density at radius 2 is 2.13 bits per heavy atom. The molecule has 1 aliphatic heterocycles. The third-order valence-electron chi connectivity index (χ3n) is 2.27. The van der Waals surface area contributed by atoms with Crippen LogP contribution in [0.15, 0.2) is 11.6 Å².